The van der Waals surface area contributed by atoms with Crippen molar-refractivity contribution in [2.24, 2.45) is 0 Å². The van der Waals surface area contributed by atoms with Crippen LogP contribution in [0.1, 0.15) is 30.1 Å². The highest BCUT2D eigenvalue weighted by molar-refractivity contribution is 6.30. The second kappa shape index (κ2) is 4.74. The van der Waals surface area contributed by atoms with Crippen LogP contribution in [0.25, 0.3) is 0 Å². The monoisotopic (exact) mass is 239 g/mol. The topological polar surface area (TPSA) is 23.5 Å². The molecule has 1 aliphatic carbocycles. The second-order valence-corrected chi connectivity index (χ2v) is 5.19. The molecule has 1 N–H and O–H groups in total. The Balaban J connectivity index is 2.28. The molecule has 0 radical (unpaired) electrons. The fraction of sp³-hybridized carbons (Fsp3) is 0.538. The zero-order valence-electron chi connectivity index (χ0n) is 9.78. The lowest BCUT2D eigenvalue weighted by molar-refractivity contribution is 0.126. The average molecular weight is 240 g/mol. The second-order valence-electron chi connectivity index (χ2n) is 4.75. The van der Waals surface area contributed by atoms with Gasteiger partial charge in [0.15, 0.2) is 0 Å². The lowest BCUT2D eigenvalue weighted by Gasteiger charge is -2.23. The smallest absolute Gasteiger partial charge is 0.0808 e. The Labute approximate surface area is 102 Å². The molecular weight excluding hydrogens is 222 g/mol. The van der Waals surface area contributed by atoms with Crippen LogP contribution in [0.2, 0.25) is 5.02 Å². The number of aliphatic hydroxyl groups excluding tert-OH is 1. The van der Waals surface area contributed by atoms with E-state index in [-0.39, 0.29) is 6.10 Å². The Morgan fingerprint density at radius 1 is 1.38 bits per heavy atom. The highest BCUT2D eigenvalue weighted by atomic mass is 35.5. The van der Waals surface area contributed by atoms with E-state index in [2.05, 4.69) is 19.0 Å². The zero-order valence-corrected chi connectivity index (χ0v) is 10.5. The minimum absolute atomic E-state index is 0.386. The molecular formula is C13H18ClNO. The number of fused-ring (bicyclic) bond motifs is 1. The van der Waals surface area contributed by atoms with Crippen molar-refractivity contribution < 1.29 is 5.11 Å². The number of benzene rings is 1. The first-order valence-corrected chi connectivity index (χ1v) is 6.08. The highest BCUT2D eigenvalue weighted by Gasteiger charge is 2.24. The van der Waals surface area contributed by atoms with Gasteiger partial charge in [0.1, 0.15) is 0 Å². The molecule has 88 valence electrons. The summed E-state index contributed by atoms with van der Waals surface area (Å²) < 4.78 is 0. The first kappa shape index (κ1) is 11.9. The van der Waals surface area contributed by atoms with Crippen LogP contribution in [0.3, 0.4) is 0 Å². The van der Waals surface area contributed by atoms with Crippen molar-refractivity contribution in [3.63, 3.8) is 0 Å². The minimum atomic E-state index is -0.386. The third-order valence-electron chi connectivity index (χ3n) is 3.44. The molecule has 3 heteroatoms. The molecule has 2 rings (SSSR count). The molecule has 0 spiro atoms. The van der Waals surface area contributed by atoms with Crippen LogP contribution in [-0.2, 0) is 6.42 Å². The predicted octanol–water partition coefficient (Wildman–Crippen LogP) is 2.64. The summed E-state index contributed by atoms with van der Waals surface area (Å²) in [6, 6.07) is 6.29. The lowest BCUT2D eigenvalue weighted by Crippen LogP contribution is -2.28. The van der Waals surface area contributed by atoms with E-state index in [1.54, 1.807) is 0 Å². The van der Waals surface area contributed by atoms with Crippen LogP contribution in [0.5, 0.6) is 0 Å². The van der Waals surface area contributed by atoms with Gasteiger partial charge < -0.3 is 10.0 Å². The number of halogens is 1. The van der Waals surface area contributed by atoms with Crippen LogP contribution in [-0.4, -0.2) is 30.1 Å². The van der Waals surface area contributed by atoms with E-state index in [0.717, 1.165) is 24.8 Å². The number of nitrogens with zero attached hydrogens (tertiary/aromatic N) is 1. The largest absolute Gasteiger partial charge is 0.388 e. The molecule has 0 aliphatic heterocycles. The van der Waals surface area contributed by atoms with Crippen LogP contribution < -0.4 is 0 Å². The lowest BCUT2D eigenvalue weighted by atomic mass is 10.0. The summed E-state index contributed by atoms with van der Waals surface area (Å²) in [5, 5.41) is 10.9. The van der Waals surface area contributed by atoms with E-state index in [4.69, 9.17) is 11.6 Å². The summed E-state index contributed by atoms with van der Waals surface area (Å²) in [6.07, 6.45) is 2.52. The number of hydrogen-bond acceptors (Lipinski definition) is 2. The van der Waals surface area contributed by atoms with Crippen molar-refractivity contribution in [2.75, 3.05) is 14.1 Å². The summed E-state index contributed by atoms with van der Waals surface area (Å²) in [6.45, 7) is 0. The Bertz CT molecular complexity index is 378. The minimum Gasteiger partial charge on any atom is -0.388 e. The molecule has 0 fully saturated rings. The molecule has 1 aromatic rings. The number of aliphatic hydroxyl groups is 1. The summed E-state index contributed by atoms with van der Waals surface area (Å²) >= 11 is 5.97. The van der Waals surface area contributed by atoms with Crippen molar-refractivity contribution in [3.05, 3.63) is 34.3 Å². The summed E-state index contributed by atoms with van der Waals surface area (Å²) in [5.74, 6) is 0. The van der Waals surface area contributed by atoms with E-state index < -0.39 is 0 Å². The van der Waals surface area contributed by atoms with E-state index in [0.29, 0.717) is 11.1 Å². The standard InChI is InChI=1S/C13H18ClNO/c1-15(2)11-6-4-9-3-5-10(14)7-12(9)13(16)8-11/h3,5,7,11,13,16H,4,6,8H2,1-2H3/t11-,13+/m0/s1. The average Bonchev–Trinajstić information content (AvgIpc) is 2.39. The van der Waals surface area contributed by atoms with Gasteiger partial charge in [-0.05, 0) is 56.6 Å². The van der Waals surface area contributed by atoms with Gasteiger partial charge in [0, 0.05) is 11.1 Å². The molecule has 0 saturated carbocycles. The Morgan fingerprint density at radius 2 is 2.12 bits per heavy atom. The van der Waals surface area contributed by atoms with Gasteiger partial charge in [-0.2, -0.15) is 0 Å². The number of hydrogen-bond donors (Lipinski definition) is 1. The van der Waals surface area contributed by atoms with Gasteiger partial charge in [-0.15, -0.1) is 0 Å². The first-order chi connectivity index (χ1) is 7.58. The van der Waals surface area contributed by atoms with E-state index in [1.165, 1.54) is 5.56 Å². The molecule has 16 heavy (non-hydrogen) atoms. The Morgan fingerprint density at radius 3 is 2.81 bits per heavy atom. The van der Waals surface area contributed by atoms with Crippen molar-refractivity contribution in [3.8, 4) is 0 Å². The maximum Gasteiger partial charge on any atom is 0.0808 e. The van der Waals surface area contributed by atoms with Gasteiger partial charge >= 0.3 is 0 Å². The van der Waals surface area contributed by atoms with Crippen molar-refractivity contribution in [1.29, 1.82) is 0 Å². The van der Waals surface area contributed by atoms with Crippen LogP contribution in [0, 0.1) is 0 Å². The van der Waals surface area contributed by atoms with Gasteiger partial charge in [-0.1, -0.05) is 17.7 Å². The highest BCUT2D eigenvalue weighted by Crippen LogP contribution is 2.31. The van der Waals surface area contributed by atoms with E-state index in [1.807, 2.05) is 18.2 Å². The van der Waals surface area contributed by atoms with Crippen molar-refractivity contribution in [1.82, 2.24) is 4.90 Å². The molecule has 1 aromatic carbocycles. The normalized spacial score (nSPS) is 25.3. The fourth-order valence-corrected chi connectivity index (χ4v) is 2.58. The first-order valence-electron chi connectivity index (χ1n) is 5.70. The molecule has 2 nitrogen and oxygen atoms in total. The van der Waals surface area contributed by atoms with Gasteiger partial charge in [0.25, 0.3) is 0 Å². The summed E-state index contributed by atoms with van der Waals surface area (Å²) in [5.41, 5.74) is 2.25. The van der Waals surface area contributed by atoms with Crippen LogP contribution in [0.4, 0.5) is 0 Å². The van der Waals surface area contributed by atoms with Gasteiger partial charge in [0.05, 0.1) is 6.10 Å². The van der Waals surface area contributed by atoms with Crippen LogP contribution >= 0.6 is 11.6 Å². The summed E-state index contributed by atoms with van der Waals surface area (Å²) in [7, 11) is 4.14. The van der Waals surface area contributed by atoms with Gasteiger partial charge in [-0.25, -0.2) is 0 Å². The molecule has 0 aromatic heterocycles. The Kier molecular flexibility index (Phi) is 3.53. The van der Waals surface area contributed by atoms with Crippen molar-refractivity contribution >= 4 is 11.6 Å². The molecule has 0 saturated heterocycles. The van der Waals surface area contributed by atoms with Gasteiger partial charge in [0.2, 0.25) is 0 Å². The fourth-order valence-electron chi connectivity index (χ4n) is 2.40. The molecule has 0 amide bonds. The summed E-state index contributed by atoms with van der Waals surface area (Å²) in [4.78, 5) is 2.19. The molecule has 2 atom stereocenters. The van der Waals surface area contributed by atoms with Crippen LogP contribution in [0.15, 0.2) is 18.2 Å². The SMILES string of the molecule is CN(C)[C@H]1CCc2ccc(Cl)cc2[C@H](O)C1. The number of rotatable bonds is 1. The number of aryl methyl sites for hydroxylation is 1. The third kappa shape index (κ3) is 2.40. The van der Waals surface area contributed by atoms with Gasteiger partial charge in [-0.3, -0.25) is 0 Å². The molecule has 0 unspecified atom stereocenters. The quantitative estimate of drug-likeness (QED) is 0.762. The molecule has 1 aliphatic rings. The van der Waals surface area contributed by atoms with Crippen molar-refractivity contribution in [2.45, 2.75) is 31.4 Å². The molecule has 0 bridgehead atoms. The maximum absolute atomic E-state index is 10.2. The van der Waals surface area contributed by atoms with E-state index in [9.17, 15) is 5.11 Å². The third-order valence-corrected chi connectivity index (χ3v) is 3.67. The zero-order chi connectivity index (χ0) is 11.7. The Hall–Kier alpha value is -0.570. The molecule has 0 heterocycles. The predicted molar refractivity (Wildman–Crippen MR) is 66.8 cm³/mol. The van der Waals surface area contributed by atoms with E-state index >= 15 is 0 Å². The maximum atomic E-state index is 10.2.